The average Bonchev–Trinajstić information content (AvgIpc) is 4.07. The lowest BCUT2D eigenvalue weighted by Crippen LogP contribution is -2.56. The van der Waals surface area contributed by atoms with Gasteiger partial charge in [0.2, 0.25) is 0 Å². The molecule has 1 saturated carbocycles. The summed E-state index contributed by atoms with van der Waals surface area (Å²) in [5.41, 5.74) is 6.26. The molecule has 3 heterocycles. The third kappa shape index (κ3) is 11.5. The van der Waals surface area contributed by atoms with E-state index in [0.29, 0.717) is 18.7 Å². The fraction of sp³-hybridized carbons (Fsp3) is 0.553. The highest BCUT2D eigenvalue weighted by Gasteiger charge is 2.35. The number of aliphatic hydroxyl groups excluding tert-OH is 1. The highest BCUT2D eigenvalue weighted by Crippen LogP contribution is 2.43. The van der Waals surface area contributed by atoms with Crippen molar-refractivity contribution in [3.63, 3.8) is 0 Å². The maximum Gasteiger partial charge on any atom is 0.408 e. The Kier molecular flexibility index (Phi) is 15.4. The first kappa shape index (κ1) is 47.0. The number of amides is 1. The van der Waals surface area contributed by atoms with Gasteiger partial charge in [0, 0.05) is 75.4 Å². The van der Waals surface area contributed by atoms with Crippen molar-refractivity contribution in [2.75, 3.05) is 51.4 Å². The van der Waals surface area contributed by atoms with Crippen molar-refractivity contribution in [2.24, 2.45) is 5.41 Å². The number of benzene rings is 2. The van der Waals surface area contributed by atoms with Crippen molar-refractivity contribution in [3.8, 4) is 17.0 Å². The van der Waals surface area contributed by atoms with Crippen molar-refractivity contribution >= 4 is 39.6 Å². The van der Waals surface area contributed by atoms with Crippen LogP contribution in [0.5, 0.6) is 5.75 Å². The number of aryl methyl sites for hydroxylation is 1. The number of fused-ring (bicyclic) bond motifs is 1. The number of aliphatic hydroxyl groups is 1. The van der Waals surface area contributed by atoms with Gasteiger partial charge in [0.25, 0.3) is 0 Å². The maximum absolute atomic E-state index is 13.4. The number of carbonyl (C=O) groups is 2. The summed E-state index contributed by atoms with van der Waals surface area (Å²) in [7, 11) is 0.0306. The summed E-state index contributed by atoms with van der Waals surface area (Å²) in [5, 5.41) is 24.4. The van der Waals surface area contributed by atoms with Crippen LogP contribution in [0.4, 0.5) is 10.5 Å². The molecule has 0 bridgehead atoms. The summed E-state index contributed by atoms with van der Waals surface area (Å²) in [6.07, 6.45) is 4.03. The van der Waals surface area contributed by atoms with Gasteiger partial charge in [0.1, 0.15) is 18.4 Å². The fourth-order valence-electron chi connectivity index (χ4n) is 8.03. The normalized spacial score (nSPS) is 17.1. The lowest BCUT2D eigenvalue weighted by Gasteiger charge is -2.36. The van der Waals surface area contributed by atoms with E-state index in [1.54, 1.807) is 40.0 Å². The van der Waals surface area contributed by atoms with Crippen LogP contribution in [0.25, 0.3) is 22.2 Å². The molecule has 1 aliphatic heterocycles. The maximum atomic E-state index is 13.4. The standard InChI is InChI=1S/C47H66N6O8S/c1-9-53-40-18-17-35(60-24-19-39(50-62(58)46(3,4)5)42(44(55)56)49-45(57)61-29-32-13-11-10-12-14-32)26-36(40)38(27-47(6,7)30-54)43(53)37-25-34(28-48-41(37)31(2)59-8)52-22-20-51(21-23-52)33-15-16-33/h10-14,17-18,25-26,28,31,33,39,42,50,54H,9,15-16,19-24,27,29-30H2,1-8H3,(H,49,57)(H,55,56)/t31-,39+,42-,62+/m0/s1. The molecule has 338 valence electrons. The first-order valence-corrected chi connectivity index (χ1v) is 23.0. The third-order valence-corrected chi connectivity index (χ3v) is 13.5. The average molecular weight is 875 g/mol. The van der Waals surface area contributed by atoms with E-state index in [1.807, 2.05) is 49.5 Å². The van der Waals surface area contributed by atoms with Crippen LogP contribution >= 0.6 is 0 Å². The molecule has 6 rings (SSSR count). The Bertz CT molecular complexity index is 2180. The topological polar surface area (TPSA) is 168 Å². The van der Waals surface area contributed by atoms with Crippen LogP contribution < -0.4 is 19.7 Å². The Morgan fingerprint density at radius 1 is 1.02 bits per heavy atom. The fourth-order valence-corrected chi connectivity index (χ4v) is 8.91. The van der Waals surface area contributed by atoms with Crippen LogP contribution in [0.3, 0.4) is 0 Å². The summed E-state index contributed by atoms with van der Waals surface area (Å²) in [4.78, 5) is 35.7. The summed E-state index contributed by atoms with van der Waals surface area (Å²) in [6, 6.07) is 15.6. The number of aromatic nitrogens is 2. The predicted octanol–water partition coefficient (Wildman–Crippen LogP) is 6.84. The van der Waals surface area contributed by atoms with Gasteiger partial charge in [0.05, 0.1) is 57.8 Å². The lowest BCUT2D eigenvalue weighted by molar-refractivity contribution is -0.140. The number of alkyl carbamates (subject to hydrolysis) is 1. The number of rotatable bonds is 20. The number of hydrogen-bond donors (Lipinski definition) is 4. The largest absolute Gasteiger partial charge is 0.494 e. The van der Waals surface area contributed by atoms with Crippen LogP contribution in [0, 0.1) is 5.41 Å². The molecule has 2 fully saturated rings. The number of carboxylic acid groups (broad SMARTS) is 1. The van der Waals surface area contributed by atoms with Crippen LogP contribution in [-0.4, -0.2) is 110 Å². The number of carbonyl (C=O) groups excluding carboxylic acids is 1. The van der Waals surface area contributed by atoms with Crippen LogP contribution in [0.15, 0.2) is 60.8 Å². The summed E-state index contributed by atoms with van der Waals surface area (Å²) >= 11 is 0. The molecule has 15 heteroatoms. The minimum Gasteiger partial charge on any atom is -0.494 e. The van der Waals surface area contributed by atoms with E-state index in [0.717, 1.165) is 76.9 Å². The molecule has 0 unspecified atom stereocenters. The van der Waals surface area contributed by atoms with E-state index >= 15 is 0 Å². The Balaban J connectivity index is 1.31. The number of aliphatic carboxylic acids is 1. The van der Waals surface area contributed by atoms with Gasteiger partial charge in [-0.25, -0.2) is 18.5 Å². The molecule has 2 aromatic carbocycles. The zero-order valence-electron chi connectivity index (χ0n) is 37.6. The number of methoxy groups -OCH3 is 1. The van der Waals surface area contributed by atoms with Gasteiger partial charge in [-0.15, -0.1) is 0 Å². The molecule has 1 amide bonds. The Hall–Kier alpha value is -4.54. The number of nitrogens with one attached hydrogen (secondary N) is 2. The Morgan fingerprint density at radius 2 is 1.73 bits per heavy atom. The van der Waals surface area contributed by atoms with Crippen molar-refractivity contribution in [2.45, 2.75) is 116 Å². The van der Waals surface area contributed by atoms with Gasteiger partial charge in [0.15, 0.2) is 0 Å². The number of nitrogens with zero attached hydrogens (tertiary/aromatic N) is 4. The van der Waals surface area contributed by atoms with Crippen molar-refractivity contribution in [3.05, 3.63) is 77.6 Å². The second kappa shape index (κ2) is 20.3. The molecular formula is C47H66N6O8S. The summed E-state index contributed by atoms with van der Waals surface area (Å²) in [5.74, 6) is -0.749. The molecule has 4 aromatic rings. The molecule has 62 heavy (non-hydrogen) atoms. The zero-order valence-corrected chi connectivity index (χ0v) is 38.4. The third-order valence-electron chi connectivity index (χ3n) is 11.8. The second-order valence-corrected chi connectivity index (χ2v) is 20.3. The van der Waals surface area contributed by atoms with Gasteiger partial charge < -0.3 is 39.2 Å². The minimum absolute atomic E-state index is 0.0186. The SMILES string of the molecule is CCn1c(-c2cc(N3CCN(C4CC4)CC3)cnc2[C@H](C)OC)c(CC(C)(C)CO)c2cc(OCC[C@@H](N[S@](=O)C(C)(C)C)[C@H](NC(=O)OCc3ccccc3)C(=O)O)ccc21. The highest BCUT2D eigenvalue weighted by atomic mass is 32.2. The number of piperazine rings is 1. The molecule has 0 spiro atoms. The first-order chi connectivity index (χ1) is 29.5. The number of pyridine rings is 1. The smallest absolute Gasteiger partial charge is 0.408 e. The van der Waals surface area contributed by atoms with E-state index in [9.17, 15) is 24.0 Å². The molecular weight excluding hydrogens is 809 g/mol. The van der Waals surface area contributed by atoms with Gasteiger partial charge >= 0.3 is 12.1 Å². The molecule has 2 aliphatic rings. The second-order valence-electron chi connectivity index (χ2n) is 18.3. The van der Waals surface area contributed by atoms with Crippen molar-refractivity contribution in [1.82, 2.24) is 24.5 Å². The van der Waals surface area contributed by atoms with Crippen LogP contribution in [-0.2, 0) is 44.8 Å². The number of hydrogen-bond acceptors (Lipinski definition) is 10. The zero-order chi connectivity index (χ0) is 44.8. The molecule has 1 aliphatic carbocycles. The molecule has 2 aromatic heterocycles. The number of ether oxygens (including phenoxy) is 3. The summed E-state index contributed by atoms with van der Waals surface area (Å²) in [6.45, 7) is 18.2. The van der Waals surface area contributed by atoms with E-state index in [-0.39, 0.29) is 32.3 Å². The molecule has 14 nitrogen and oxygen atoms in total. The van der Waals surface area contributed by atoms with E-state index < -0.39 is 45.3 Å². The van der Waals surface area contributed by atoms with E-state index in [1.165, 1.54) is 12.8 Å². The van der Waals surface area contributed by atoms with Gasteiger partial charge in [-0.2, -0.15) is 0 Å². The molecule has 0 radical (unpaired) electrons. The quantitative estimate of drug-likeness (QED) is 0.0734. The van der Waals surface area contributed by atoms with Crippen molar-refractivity contribution < 1.29 is 38.2 Å². The number of carboxylic acids is 1. The minimum atomic E-state index is -1.67. The van der Waals surface area contributed by atoms with Crippen molar-refractivity contribution in [1.29, 1.82) is 0 Å². The Labute approximate surface area is 368 Å². The van der Waals surface area contributed by atoms with E-state index in [2.05, 4.69) is 51.2 Å². The van der Waals surface area contributed by atoms with Gasteiger partial charge in [-0.3, -0.25) is 9.88 Å². The lowest BCUT2D eigenvalue weighted by atomic mass is 9.84. The molecule has 4 N–H and O–H groups in total. The highest BCUT2D eigenvalue weighted by molar-refractivity contribution is 7.84. The summed E-state index contributed by atoms with van der Waals surface area (Å²) < 4.78 is 35.5. The van der Waals surface area contributed by atoms with Crippen LogP contribution in [0.2, 0.25) is 0 Å². The number of anilines is 1. The van der Waals surface area contributed by atoms with E-state index in [4.69, 9.17) is 19.2 Å². The van der Waals surface area contributed by atoms with Gasteiger partial charge in [-0.05, 0) is 94.7 Å². The first-order valence-electron chi connectivity index (χ1n) is 21.8. The van der Waals surface area contributed by atoms with Gasteiger partial charge in [-0.1, -0.05) is 44.2 Å². The Morgan fingerprint density at radius 3 is 2.34 bits per heavy atom. The predicted molar refractivity (Wildman–Crippen MR) is 244 cm³/mol. The molecule has 1 saturated heterocycles. The molecule has 4 atom stereocenters. The monoisotopic (exact) mass is 874 g/mol. The van der Waals surface area contributed by atoms with Crippen LogP contribution in [0.1, 0.15) is 90.7 Å².